The Labute approximate surface area is 189 Å². The Hall–Kier alpha value is -2.48. The number of ether oxygens (including phenoxy) is 2. The van der Waals surface area contributed by atoms with Crippen molar-refractivity contribution in [1.29, 1.82) is 0 Å². The van der Waals surface area contributed by atoms with Crippen LogP contribution in [0, 0.1) is 0 Å². The number of benzene rings is 1. The summed E-state index contributed by atoms with van der Waals surface area (Å²) < 4.78 is 10.8. The summed E-state index contributed by atoms with van der Waals surface area (Å²) in [6, 6.07) is 6.35. The van der Waals surface area contributed by atoms with Gasteiger partial charge in [0.05, 0.1) is 24.9 Å². The number of anilines is 1. The maximum atomic E-state index is 5.42. The molecule has 1 atom stereocenters. The van der Waals surface area contributed by atoms with Gasteiger partial charge in [-0.3, -0.25) is 4.99 Å². The summed E-state index contributed by atoms with van der Waals surface area (Å²) in [6.45, 7) is 9.90. The van der Waals surface area contributed by atoms with E-state index < -0.39 is 0 Å². The zero-order chi connectivity index (χ0) is 22.2. The van der Waals surface area contributed by atoms with Crippen LogP contribution in [0.3, 0.4) is 0 Å². The number of thiazole rings is 1. The lowest BCUT2D eigenvalue weighted by Crippen LogP contribution is -2.44. The van der Waals surface area contributed by atoms with Crippen LogP contribution in [0.4, 0.5) is 5.69 Å². The maximum absolute atomic E-state index is 5.42. The van der Waals surface area contributed by atoms with Crippen LogP contribution in [0.15, 0.2) is 28.6 Å². The van der Waals surface area contributed by atoms with Gasteiger partial charge in [0.25, 0.3) is 0 Å². The molecule has 7 nitrogen and oxygen atoms in total. The van der Waals surface area contributed by atoms with Gasteiger partial charge in [0.1, 0.15) is 11.5 Å². The highest BCUT2D eigenvalue weighted by Crippen LogP contribution is 2.30. The lowest BCUT2D eigenvalue weighted by Gasteiger charge is -2.21. The fourth-order valence-corrected chi connectivity index (χ4v) is 4.46. The summed E-state index contributed by atoms with van der Waals surface area (Å²) in [5, 5.41) is 10.3. The first-order valence-corrected chi connectivity index (χ1v) is 11.9. The maximum Gasteiger partial charge on any atom is 0.191 e. The molecule has 0 radical (unpaired) electrons. The van der Waals surface area contributed by atoms with Crippen molar-refractivity contribution in [2.24, 2.45) is 4.99 Å². The van der Waals surface area contributed by atoms with E-state index >= 15 is 0 Å². The monoisotopic (exact) mass is 445 g/mol. The van der Waals surface area contributed by atoms with Gasteiger partial charge in [0.15, 0.2) is 5.96 Å². The molecular weight excluding hydrogens is 410 g/mol. The van der Waals surface area contributed by atoms with E-state index in [4.69, 9.17) is 19.5 Å². The highest BCUT2D eigenvalue weighted by Gasteiger charge is 2.24. The molecule has 1 fully saturated rings. The lowest BCUT2D eigenvalue weighted by molar-refractivity contribution is 0.394. The minimum Gasteiger partial charge on any atom is -0.497 e. The summed E-state index contributed by atoms with van der Waals surface area (Å²) in [6.07, 6.45) is 1.91. The predicted octanol–water partition coefficient (Wildman–Crippen LogP) is 3.66. The Kier molecular flexibility index (Phi) is 8.40. The molecule has 3 rings (SSSR count). The van der Waals surface area contributed by atoms with Crippen LogP contribution in [0.25, 0.3) is 0 Å². The number of methoxy groups -OCH3 is 2. The SMILES string of the molecule is CCNC(=NCCc1csc(C(C)C)n1)NC1CCN(c2cc(OC)cc(OC)c2)C1. The Balaban J connectivity index is 1.57. The van der Waals surface area contributed by atoms with Gasteiger partial charge in [0, 0.05) is 73.8 Å². The minimum absolute atomic E-state index is 0.335. The molecule has 1 unspecified atom stereocenters. The van der Waals surface area contributed by atoms with Crippen LogP contribution in [0.1, 0.15) is 43.8 Å². The third kappa shape index (κ3) is 6.50. The number of aliphatic imine (C=N–C) groups is 1. The Bertz CT molecular complexity index is 845. The first-order chi connectivity index (χ1) is 15.0. The molecule has 0 saturated carbocycles. The molecule has 31 heavy (non-hydrogen) atoms. The number of aromatic nitrogens is 1. The Morgan fingerprint density at radius 1 is 1.26 bits per heavy atom. The van der Waals surface area contributed by atoms with Crippen molar-refractivity contribution < 1.29 is 9.47 Å². The number of guanidine groups is 1. The molecule has 170 valence electrons. The predicted molar refractivity (Wildman–Crippen MR) is 129 cm³/mol. The molecule has 1 aromatic carbocycles. The van der Waals surface area contributed by atoms with Crippen LogP contribution < -0.4 is 25.0 Å². The first-order valence-electron chi connectivity index (χ1n) is 11.0. The smallest absolute Gasteiger partial charge is 0.191 e. The number of nitrogens with zero attached hydrogens (tertiary/aromatic N) is 3. The van der Waals surface area contributed by atoms with Crippen molar-refractivity contribution >= 4 is 23.0 Å². The van der Waals surface area contributed by atoms with E-state index in [9.17, 15) is 0 Å². The number of rotatable bonds is 9. The van der Waals surface area contributed by atoms with E-state index in [-0.39, 0.29) is 0 Å². The summed E-state index contributed by atoms with van der Waals surface area (Å²) in [5.74, 6) is 2.97. The molecular formula is C23H35N5O2S. The second-order valence-electron chi connectivity index (χ2n) is 7.99. The molecule has 1 aromatic heterocycles. The van der Waals surface area contributed by atoms with Gasteiger partial charge >= 0.3 is 0 Å². The van der Waals surface area contributed by atoms with Crippen LogP contribution in [0.2, 0.25) is 0 Å². The third-order valence-corrected chi connectivity index (χ3v) is 6.47. The lowest BCUT2D eigenvalue weighted by atomic mass is 10.2. The van der Waals surface area contributed by atoms with Gasteiger partial charge in [-0.1, -0.05) is 13.8 Å². The summed E-state index contributed by atoms with van der Waals surface area (Å²) in [7, 11) is 3.36. The molecule has 1 aliphatic rings. The second-order valence-corrected chi connectivity index (χ2v) is 8.88. The molecule has 1 aliphatic heterocycles. The number of hydrogen-bond acceptors (Lipinski definition) is 6. The van der Waals surface area contributed by atoms with E-state index in [0.717, 1.165) is 67.9 Å². The van der Waals surface area contributed by atoms with Gasteiger partial charge in [-0.05, 0) is 13.3 Å². The van der Waals surface area contributed by atoms with Gasteiger partial charge in [-0.2, -0.15) is 0 Å². The first kappa shape index (κ1) is 23.2. The molecule has 2 heterocycles. The van der Waals surface area contributed by atoms with Crippen molar-refractivity contribution in [3.8, 4) is 11.5 Å². The van der Waals surface area contributed by atoms with E-state index in [1.807, 2.05) is 6.07 Å². The highest BCUT2D eigenvalue weighted by molar-refractivity contribution is 7.09. The molecule has 0 amide bonds. The van der Waals surface area contributed by atoms with Crippen LogP contribution >= 0.6 is 11.3 Å². The average molecular weight is 446 g/mol. The fourth-order valence-electron chi connectivity index (χ4n) is 3.59. The topological polar surface area (TPSA) is 71.0 Å². The Morgan fingerprint density at radius 3 is 2.61 bits per heavy atom. The van der Waals surface area contributed by atoms with Crippen molar-refractivity contribution in [1.82, 2.24) is 15.6 Å². The fraction of sp³-hybridized carbons (Fsp3) is 0.565. The molecule has 2 aromatic rings. The Morgan fingerprint density at radius 2 is 2.00 bits per heavy atom. The molecule has 2 N–H and O–H groups in total. The highest BCUT2D eigenvalue weighted by atomic mass is 32.1. The molecule has 1 saturated heterocycles. The van der Waals surface area contributed by atoms with Crippen LogP contribution in [0.5, 0.6) is 11.5 Å². The van der Waals surface area contributed by atoms with Crippen molar-refractivity contribution in [3.63, 3.8) is 0 Å². The summed E-state index contributed by atoms with van der Waals surface area (Å²) in [4.78, 5) is 11.8. The summed E-state index contributed by atoms with van der Waals surface area (Å²) >= 11 is 1.74. The second kappa shape index (κ2) is 11.2. The van der Waals surface area contributed by atoms with Crippen molar-refractivity contribution in [2.45, 2.75) is 45.6 Å². The third-order valence-electron chi connectivity index (χ3n) is 5.28. The zero-order valence-electron chi connectivity index (χ0n) is 19.3. The minimum atomic E-state index is 0.335. The standard InChI is InChI=1S/C23H35N5O2S/c1-6-24-23(25-9-7-18-15-31-22(26-18)16(2)3)27-17-8-10-28(14-17)19-11-20(29-4)13-21(12-19)30-5/h11-13,15-17H,6-10,14H2,1-5H3,(H2,24,25,27). The van der Waals surface area contributed by atoms with Crippen molar-refractivity contribution in [3.05, 3.63) is 34.3 Å². The van der Waals surface area contributed by atoms with Crippen LogP contribution in [-0.2, 0) is 6.42 Å². The van der Waals surface area contributed by atoms with Gasteiger partial charge in [-0.15, -0.1) is 11.3 Å². The van der Waals surface area contributed by atoms with Crippen molar-refractivity contribution in [2.75, 3.05) is 45.3 Å². The van der Waals surface area contributed by atoms with Gasteiger partial charge in [0.2, 0.25) is 0 Å². The number of hydrogen-bond donors (Lipinski definition) is 2. The van der Waals surface area contributed by atoms with E-state index in [1.165, 1.54) is 5.01 Å². The van der Waals surface area contributed by atoms with E-state index in [1.54, 1.807) is 25.6 Å². The largest absolute Gasteiger partial charge is 0.497 e. The molecule has 8 heteroatoms. The van der Waals surface area contributed by atoms with Crippen LogP contribution in [-0.4, -0.2) is 57.4 Å². The zero-order valence-corrected chi connectivity index (χ0v) is 20.1. The van der Waals surface area contributed by atoms with Gasteiger partial charge in [-0.25, -0.2) is 4.98 Å². The number of nitrogens with one attached hydrogen (secondary N) is 2. The van der Waals surface area contributed by atoms with E-state index in [0.29, 0.717) is 12.0 Å². The average Bonchev–Trinajstić information content (AvgIpc) is 3.43. The summed E-state index contributed by atoms with van der Waals surface area (Å²) in [5.41, 5.74) is 2.25. The molecule has 0 spiro atoms. The van der Waals surface area contributed by atoms with E-state index in [2.05, 4.69) is 53.8 Å². The van der Waals surface area contributed by atoms with Gasteiger partial charge < -0.3 is 25.0 Å². The molecule has 0 bridgehead atoms. The quantitative estimate of drug-likeness (QED) is 0.453. The normalized spacial score (nSPS) is 16.6. The molecule has 0 aliphatic carbocycles.